The first-order chi connectivity index (χ1) is 7.33. The zero-order valence-corrected chi connectivity index (χ0v) is 10.9. The molecule has 2 atom stereocenters. The minimum absolute atomic E-state index is 0.0706. The molecule has 0 saturated carbocycles. The summed E-state index contributed by atoms with van der Waals surface area (Å²) in [6.07, 6.45) is -1.36. The molecule has 6 nitrogen and oxygen atoms in total. The number of aliphatic hydroxyl groups excluding tert-OH is 1. The van der Waals surface area contributed by atoms with Crippen molar-refractivity contribution in [2.24, 2.45) is 5.73 Å². The topological polar surface area (TPSA) is 102 Å². The van der Waals surface area contributed by atoms with E-state index >= 15 is 0 Å². The Morgan fingerprint density at radius 3 is 2.12 bits per heavy atom. The largest absolute Gasteiger partial charge is 0.391 e. The van der Waals surface area contributed by atoms with E-state index in [1.54, 1.807) is 13.8 Å². The van der Waals surface area contributed by atoms with Crippen molar-refractivity contribution in [3.63, 3.8) is 0 Å². The molecule has 4 N–H and O–H groups in total. The van der Waals surface area contributed by atoms with Gasteiger partial charge in [0.1, 0.15) is 0 Å². The van der Waals surface area contributed by atoms with Gasteiger partial charge in [-0.1, -0.05) is 0 Å². The number of hydrogen-bond donors (Lipinski definition) is 3. The van der Waals surface area contributed by atoms with Crippen LogP contribution in [0.25, 0.3) is 0 Å². The van der Waals surface area contributed by atoms with Gasteiger partial charge in [-0.2, -0.15) is 0 Å². The standard InChI is InChI=1S/C9H22NO5P/c1-4-14-9(3,15-5-2)16(12,13)7-8(11)6-10/h8,11H,4-7,10H2,1-3H3,(H,12,13)/t8-/m0/s1. The third-order valence-electron chi connectivity index (χ3n) is 2.19. The maximum atomic E-state index is 12.1. The van der Waals surface area contributed by atoms with Crippen molar-refractivity contribution >= 4 is 7.37 Å². The Morgan fingerprint density at radius 1 is 1.38 bits per heavy atom. The van der Waals surface area contributed by atoms with Crippen molar-refractivity contribution in [3.05, 3.63) is 0 Å². The predicted octanol–water partition coefficient (Wildman–Crippen LogP) is 0.323. The Balaban J connectivity index is 4.81. The van der Waals surface area contributed by atoms with Crippen LogP contribution in [0, 0.1) is 0 Å². The monoisotopic (exact) mass is 255 g/mol. The lowest BCUT2D eigenvalue weighted by molar-refractivity contribution is -0.167. The highest BCUT2D eigenvalue weighted by Gasteiger charge is 2.46. The maximum absolute atomic E-state index is 12.1. The summed E-state index contributed by atoms with van der Waals surface area (Å²) in [5.41, 5.74) is 3.63. The average Bonchev–Trinajstić information content (AvgIpc) is 2.17. The van der Waals surface area contributed by atoms with E-state index in [0.717, 1.165) is 0 Å². The molecule has 0 rings (SSSR count). The van der Waals surface area contributed by atoms with Crippen LogP contribution in [0.5, 0.6) is 0 Å². The lowest BCUT2D eigenvalue weighted by Crippen LogP contribution is -2.37. The summed E-state index contributed by atoms with van der Waals surface area (Å²) in [7, 11) is -3.79. The van der Waals surface area contributed by atoms with Crippen LogP contribution in [0.1, 0.15) is 20.8 Å². The van der Waals surface area contributed by atoms with E-state index in [1.807, 2.05) is 0 Å². The van der Waals surface area contributed by atoms with Crippen molar-refractivity contribution in [3.8, 4) is 0 Å². The van der Waals surface area contributed by atoms with Crippen LogP contribution >= 0.6 is 7.37 Å². The number of ether oxygens (including phenoxy) is 2. The van der Waals surface area contributed by atoms with Gasteiger partial charge in [-0.05, 0) is 20.8 Å². The van der Waals surface area contributed by atoms with Gasteiger partial charge < -0.3 is 25.2 Å². The first kappa shape index (κ1) is 16.0. The summed E-state index contributed by atoms with van der Waals surface area (Å²) in [5, 5.41) is 9.32. The van der Waals surface area contributed by atoms with Gasteiger partial charge in [-0.15, -0.1) is 0 Å². The van der Waals surface area contributed by atoms with Gasteiger partial charge in [-0.25, -0.2) is 0 Å². The van der Waals surface area contributed by atoms with Gasteiger partial charge >= 0.3 is 0 Å². The van der Waals surface area contributed by atoms with E-state index in [4.69, 9.17) is 15.2 Å². The summed E-state index contributed by atoms with van der Waals surface area (Å²) >= 11 is 0. The van der Waals surface area contributed by atoms with E-state index in [-0.39, 0.29) is 25.9 Å². The molecule has 0 aliphatic carbocycles. The molecule has 0 aliphatic heterocycles. The van der Waals surface area contributed by atoms with E-state index in [0.29, 0.717) is 0 Å². The zero-order chi connectivity index (χ0) is 12.8. The molecule has 0 bridgehead atoms. The Kier molecular flexibility index (Phi) is 6.70. The first-order valence-corrected chi connectivity index (χ1v) is 7.15. The van der Waals surface area contributed by atoms with Gasteiger partial charge in [0.05, 0.1) is 12.3 Å². The zero-order valence-electron chi connectivity index (χ0n) is 10.0. The van der Waals surface area contributed by atoms with Crippen LogP contribution in [0.2, 0.25) is 0 Å². The molecule has 98 valence electrons. The van der Waals surface area contributed by atoms with Crippen LogP contribution in [0.4, 0.5) is 0 Å². The molecule has 0 aromatic heterocycles. The number of nitrogens with two attached hydrogens (primary N) is 1. The average molecular weight is 255 g/mol. The Hall–Kier alpha value is 0.0300. The van der Waals surface area contributed by atoms with Crippen LogP contribution in [-0.2, 0) is 14.0 Å². The third kappa shape index (κ3) is 4.13. The molecule has 16 heavy (non-hydrogen) atoms. The highest BCUT2D eigenvalue weighted by atomic mass is 31.2. The van der Waals surface area contributed by atoms with E-state index < -0.39 is 19.0 Å². The van der Waals surface area contributed by atoms with Crippen LogP contribution < -0.4 is 5.73 Å². The molecule has 7 heteroatoms. The summed E-state index contributed by atoms with van der Waals surface area (Å²) in [6.45, 7) is 5.25. The molecule has 0 saturated heterocycles. The first-order valence-electron chi connectivity index (χ1n) is 5.31. The molecule has 0 heterocycles. The molecule has 0 spiro atoms. The minimum atomic E-state index is -3.79. The van der Waals surface area contributed by atoms with Gasteiger partial charge in [0.15, 0.2) is 0 Å². The fourth-order valence-corrected chi connectivity index (χ4v) is 3.02. The van der Waals surface area contributed by atoms with Crippen molar-refractivity contribution in [1.29, 1.82) is 0 Å². The Bertz CT molecular complexity index is 242. The fourth-order valence-electron chi connectivity index (χ4n) is 1.31. The lowest BCUT2D eigenvalue weighted by Gasteiger charge is -2.34. The van der Waals surface area contributed by atoms with Crippen LogP contribution in [0.3, 0.4) is 0 Å². The van der Waals surface area contributed by atoms with Gasteiger partial charge in [0.25, 0.3) is 7.37 Å². The summed E-state index contributed by atoms with van der Waals surface area (Å²) < 4.78 is 22.5. The molecule has 0 aromatic carbocycles. The fraction of sp³-hybridized carbons (Fsp3) is 1.00. The molecule has 0 aromatic rings. The van der Waals surface area contributed by atoms with Crippen LogP contribution in [-0.4, -0.2) is 47.6 Å². The molecular weight excluding hydrogens is 233 g/mol. The minimum Gasteiger partial charge on any atom is -0.391 e. The van der Waals surface area contributed by atoms with Gasteiger partial charge in [0.2, 0.25) is 5.53 Å². The molecule has 0 fully saturated rings. The van der Waals surface area contributed by atoms with Crippen molar-refractivity contribution in [1.82, 2.24) is 0 Å². The summed E-state index contributed by atoms with van der Waals surface area (Å²) in [5.74, 6) is 0. The highest BCUT2D eigenvalue weighted by molar-refractivity contribution is 7.59. The van der Waals surface area contributed by atoms with E-state index in [2.05, 4.69) is 0 Å². The number of hydrogen-bond acceptors (Lipinski definition) is 5. The third-order valence-corrected chi connectivity index (χ3v) is 4.63. The maximum Gasteiger partial charge on any atom is 0.260 e. The van der Waals surface area contributed by atoms with E-state index in [9.17, 15) is 14.6 Å². The second-order valence-corrected chi connectivity index (χ2v) is 6.12. The smallest absolute Gasteiger partial charge is 0.260 e. The molecule has 1 unspecified atom stereocenters. The number of rotatable bonds is 8. The predicted molar refractivity (Wildman–Crippen MR) is 61.4 cm³/mol. The van der Waals surface area contributed by atoms with Crippen LogP contribution in [0.15, 0.2) is 0 Å². The second kappa shape index (κ2) is 6.69. The molecule has 0 radical (unpaired) electrons. The number of aliphatic hydroxyl groups is 1. The molecular formula is C9H22NO5P. The SMILES string of the molecule is CCOC(C)(OCC)P(=O)(O)C[C@@H](O)CN. The summed E-state index contributed by atoms with van der Waals surface area (Å²) in [6, 6.07) is 0. The van der Waals surface area contributed by atoms with Crippen molar-refractivity contribution in [2.75, 3.05) is 25.9 Å². The molecule has 0 amide bonds. The Morgan fingerprint density at radius 2 is 1.81 bits per heavy atom. The van der Waals surface area contributed by atoms with Gasteiger partial charge in [0, 0.05) is 19.8 Å². The highest BCUT2D eigenvalue weighted by Crippen LogP contribution is 2.55. The summed E-state index contributed by atoms with van der Waals surface area (Å²) in [4.78, 5) is 9.89. The second-order valence-electron chi connectivity index (χ2n) is 3.54. The van der Waals surface area contributed by atoms with Gasteiger partial charge in [-0.3, -0.25) is 4.57 Å². The van der Waals surface area contributed by atoms with Crippen molar-refractivity contribution < 1.29 is 24.0 Å². The normalized spacial score (nSPS) is 18.1. The van der Waals surface area contributed by atoms with Crippen molar-refractivity contribution in [2.45, 2.75) is 32.4 Å². The lowest BCUT2D eigenvalue weighted by atomic mass is 10.4. The Labute approximate surface area is 96.2 Å². The molecule has 0 aliphatic rings. The quantitative estimate of drug-likeness (QED) is 0.426. The van der Waals surface area contributed by atoms with E-state index in [1.165, 1.54) is 6.92 Å².